The van der Waals surface area contributed by atoms with Crippen molar-refractivity contribution in [2.45, 2.75) is 19.3 Å². The van der Waals surface area contributed by atoms with Crippen LogP contribution in [0.2, 0.25) is 0 Å². The van der Waals surface area contributed by atoms with Gasteiger partial charge in [0.2, 0.25) is 0 Å². The second kappa shape index (κ2) is 4.42. The van der Waals surface area contributed by atoms with Gasteiger partial charge < -0.3 is 10.4 Å². The molecule has 1 atom stereocenters. The number of rotatable bonds is 2. The van der Waals surface area contributed by atoms with Crippen molar-refractivity contribution in [3.05, 3.63) is 24.0 Å². The first-order valence-corrected chi connectivity index (χ1v) is 5.18. The second-order valence-electron chi connectivity index (χ2n) is 3.97. The molecule has 3 nitrogen and oxygen atoms in total. The first-order chi connectivity index (χ1) is 6.84. The summed E-state index contributed by atoms with van der Waals surface area (Å²) in [5.74, 6) is 0.971. The number of nitrogens with one attached hydrogen (secondary N) is 1. The number of aromatic hydroxyl groups is 1. The van der Waals surface area contributed by atoms with Gasteiger partial charge in [0.1, 0.15) is 5.75 Å². The quantitative estimate of drug-likeness (QED) is 0.743. The Labute approximate surface area is 84.2 Å². The lowest BCUT2D eigenvalue weighted by atomic mass is 9.93. The smallest absolute Gasteiger partial charge is 0.134 e. The number of hydrogen-bond donors (Lipinski definition) is 2. The molecule has 0 amide bonds. The largest absolute Gasteiger partial charge is 0.506 e. The molecule has 2 N–H and O–H groups in total. The standard InChI is InChI=1S/C11H16N2O/c14-11-5-10(7-13-8-11)4-9-2-1-3-12-6-9/h5,7-9,12,14H,1-4,6H2. The lowest BCUT2D eigenvalue weighted by molar-refractivity contribution is 0.375. The summed E-state index contributed by atoms with van der Waals surface area (Å²) < 4.78 is 0. The first kappa shape index (κ1) is 9.46. The summed E-state index contributed by atoms with van der Waals surface area (Å²) >= 11 is 0. The molecule has 2 heterocycles. The van der Waals surface area contributed by atoms with Crippen molar-refractivity contribution < 1.29 is 5.11 Å². The molecule has 1 aromatic rings. The van der Waals surface area contributed by atoms with Gasteiger partial charge in [0.05, 0.1) is 6.20 Å². The Balaban J connectivity index is 1.95. The van der Waals surface area contributed by atoms with Crippen LogP contribution in [0.3, 0.4) is 0 Å². The fourth-order valence-electron chi connectivity index (χ4n) is 2.02. The summed E-state index contributed by atoms with van der Waals surface area (Å²) in [4.78, 5) is 3.98. The van der Waals surface area contributed by atoms with Gasteiger partial charge in [0.25, 0.3) is 0 Å². The highest BCUT2D eigenvalue weighted by Gasteiger charge is 2.13. The van der Waals surface area contributed by atoms with E-state index in [9.17, 15) is 5.11 Å². The van der Waals surface area contributed by atoms with Crippen molar-refractivity contribution in [3.8, 4) is 5.75 Å². The predicted molar refractivity (Wildman–Crippen MR) is 55.2 cm³/mol. The number of aromatic nitrogens is 1. The topological polar surface area (TPSA) is 45.2 Å². The van der Waals surface area contributed by atoms with E-state index in [2.05, 4.69) is 10.3 Å². The molecular weight excluding hydrogens is 176 g/mol. The summed E-state index contributed by atoms with van der Waals surface area (Å²) in [5.41, 5.74) is 1.14. The maximum atomic E-state index is 9.26. The molecule has 1 aromatic heterocycles. The predicted octanol–water partition coefficient (Wildman–Crippen LogP) is 1.33. The van der Waals surface area contributed by atoms with Crippen LogP contribution in [0.25, 0.3) is 0 Å². The summed E-state index contributed by atoms with van der Waals surface area (Å²) in [6.45, 7) is 2.24. The molecule has 1 saturated heterocycles. The van der Waals surface area contributed by atoms with Crippen LogP contribution in [0.1, 0.15) is 18.4 Å². The Morgan fingerprint density at radius 2 is 2.43 bits per heavy atom. The van der Waals surface area contributed by atoms with E-state index in [-0.39, 0.29) is 5.75 Å². The molecule has 0 bridgehead atoms. The third-order valence-corrected chi connectivity index (χ3v) is 2.70. The minimum Gasteiger partial charge on any atom is -0.506 e. The summed E-state index contributed by atoms with van der Waals surface area (Å²) in [7, 11) is 0. The number of pyridine rings is 1. The van der Waals surface area contributed by atoms with Gasteiger partial charge in [-0.2, -0.15) is 0 Å². The van der Waals surface area contributed by atoms with Crippen LogP contribution in [0.4, 0.5) is 0 Å². The lowest BCUT2D eigenvalue weighted by Crippen LogP contribution is -2.30. The van der Waals surface area contributed by atoms with Crippen molar-refractivity contribution >= 4 is 0 Å². The Hall–Kier alpha value is -1.09. The third-order valence-electron chi connectivity index (χ3n) is 2.70. The van der Waals surface area contributed by atoms with Crippen molar-refractivity contribution in [2.75, 3.05) is 13.1 Å². The molecule has 1 unspecified atom stereocenters. The van der Waals surface area contributed by atoms with Crippen LogP contribution in [0.5, 0.6) is 5.75 Å². The lowest BCUT2D eigenvalue weighted by Gasteiger charge is -2.22. The molecule has 0 saturated carbocycles. The van der Waals surface area contributed by atoms with Gasteiger partial charge in [-0.1, -0.05) is 0 Å². The van der Waals surface area contributed by atoms with Gasteiger partial charge in [-0.3, -0.25) is 4.98 Å². The first-order valence-electron chi connectivity index (χ1n) is 5.18. The zero-order valence-corrected chi connectivity index (χ0v) is 8.24. The summed E-state index contributed by atoms with van der Waals surface area (Å²) in [6, 6.07) is 1.81. The van der Waals surface area contributed by atoms with E-state index >= 15 is 0 Å². The van der Waals surface area contributed by atoms with Gasteiger partial charge >= 0.3 is 0 Å². The molecule has 2 rings (SSSR count). The maximum absolute atomic E-state index is 9.26. The van der Waals surface area contributed by atoms with E-state index in [0.717, 1.165) is 25.1 Å². The van der Waals surface area contributed by atoms with Gasteiger partial charge in [-0.15, -0.1) is 0 Å². The average Bonchev–Trinajstić information content (AvgIpc) is 2.19. The highest BCUT2D eigenvalue weighted by atomic mass is 16.3. The number of piperidine rings is 1. The van der Waals surface area contributed by atoms with Crippen LogP contribution in [0, 0.1) is 5.92 Å². The second-order valence-corrected chi connectivity index (χ2v) is 3.97. The van der Waals surface area contributed by atoms with E-state index in [1.165, 1.54) is 19.0 Å². The molecule has 1 aliphatic rings. The van der Waals surface area contributed by atoms with Crippen molar-refractivity contribution in [2.24, 2.45) is 5.92 Å². The molecule has 0 spiro atoms. The maximum Gasteiger partial charge on any atom is 0.134 e. The number of nitrogens with zero attached hydrogens (tertiary/aromatic N) is 1. The van der Waals surface area contributed by atoms with Crippen molar-refractivity contribution in [3.63, 3.8) is 0 Å². The van der Waals surface area contributed by atoms with Crippen LogP contribution in [-0.2, 0) is 6.42 Å². The third kappa shape index (κ3) is 2.45. The molecule has 0 aliphatic carbocycles. The van der Waals surface area contributed by atoms with Crippen LogP contribution in [-0.4, -0.2) is 23.2 Å². The van der Waals surface area contributed by atoms with Gasteiger partial charge in [0.15, 0.2) is 0 Å². The van der Waals surface area contributed by atoms with E-state index < -0.39 is 0 Å². The molecule has 1 aliphatic heterocycles. The van der Waals surface area contributed by atoms with E-state index in [1.807, 2.05) is 12.3 Å². The fraction of sp³-hybridized carbons (Fsp3) is 0.545. The number of hydrogen-bond acceptors (Lipinski definition) is 3. The highest BCUT2D eigenvalue weighted by Crippen LogP contribution is 2.17. The van der Waals surface area contributed by atoms with Crippen molar-refractivity contribution in [1.82, 2.24) is 10.3 Å². The monoisotopic (exact) mass is 192 g/mol. The Bertz CT molecular complexity index is 295. The molecular formula is C11H16N2O. The van der Waals surface area contributed by atoms with E-state index in [4.69, 9.17) is 0 Å². The minimum absolute atomic E-state index is 0.270. The SMILES string of the molecule is Oc1cncc(CC2CCCNC2)c1. The summed E-state index contributed by atoms with van der Waals surface area (Å²) in [6.07, 6.45) is 6.88. The zero-order chi connectivity index (χ0) is 9.80. The van der Waals surface area contributed by atoms with E-state index in [0.29, 0.717) is 5.92 Å². The Kier molecular flexibility index (Phi) is 2.99. The van der Waals surface area contributed by atoms with Crippen molar-refractivity contribution in [1.29, 1.82) is 0 Å². The van der Waals surface area contributed by atoms with Crippen LogP contribution >= 0.6 is 0 Å². The van der Waals surface area contributed by atoms with Crippen LogP contribution in [0.15, 0.2) is 18.5 Å². The minimum atomic E-state index is 0.270. The normalized spacial score (nSPS) is 22.1. The highest BCUT2D eigenvalue weighted by molar-refractivity contribution is 5.22. The summed E-state index contributed by atoms with van der Waals surface area (Å²) in [5, 5.41) is 12.7. The van der Waals surface area contributed by atoms with Gasteiger partial charge in [0, 0.05) is 6.20 Å². The van der Waals surface area contributed by atoms with Gasteiger partial charge in [-0.05, 0) is 49.9 Å². The molecule has 0 aromatic carbocycles. The fourth-order valence-corrected chi connectivity index (χ4v) is 2.02. The average molecular weight is 192 g/mol. The van der Waals surface area contributed by atoms with Gasteiger partial charge in [-0.25, -0.2) is 0 Å². The van der Waals surface area contributed by atoms with E-state index in [1.54, 1.807) is 0 Å². The molecule has 14 heavy (non-hydrogen) atoms. The molecule has 1 fully saturated rings. The zero-order valence-electron chi connectivity index (χ0n) is 8.24. The molecule has 0 radical (unpaired) electrons. The molecule has 76 valence electrons. The Morgan fingerprint density at radius 1 is 1.50 bits per heavy atom. The molecule has 3 heteroatoms. The van der Waals surface area contributed by atoms with Crippen LogP contribution < -0.4 is 5.32 Å². The Morgan fingerprint density at radius 3 is 3.14 bits per heavy atom.